The summed E-state index contributed by atoms with van der Waals surface area (Å²) in [5.41, 5.74) is 1.10. The van der Waals surface area contributed by atoms with Crippen LogP contribution < -0.4 is 0 Å². The van der Waals surface area contributed by atoms with Gasteiger partial charge in [0, 0.05) is 18.8 Å². The highest BCUT2D eigenvalue weighted by Crippen LogP contribution is 2.26. The summed E-state index contributed by atoms with van der Waals surface area (Å²) < 4.78 is 0. The van der Waals surface area contributed by atoms with Crippen LogP contribution in [0.15, 0.2) is 30.6 Å². The molecule has 6 heteroatoms. The number of aromatic nitrogens is 2. The average Bonchev–Trinajstić information content (AvgIpc) is 2.44. The van der Waals surface area contributed by atoms with Crippen molar-refractivity contribution >= 4 is 29.0 Å². The zero-order valence-electron chi connectivity index (χ0n) is 9.81. The molecule has 1 aromatic carbocycles. The molecule has 0 saturated heterocycles. The zero-order valence-corrected chi connectivity index (χ0v) is 11.3. The van der Waals surface area contributed by atoms with Gasteiger partial charge in [-0.15, -0.1) is 0 Å². The summed E-state index contributed by atoms with van der Waals surface area (Å²) in [5, 5.41) is 9.68. The number of Topliss-reactive ketones (excluding diaryl/α,β-unsaturated/α-hetero) is 1. The van der Waals surface area contributed by atoms with Crippen molar-refractivity contribution in [3.8, 4) is 0 Å². The minimum absolute atomic E-state index is 0.281. The fourth-order valence-electron chi connectivity index (χ4n) is 1.54. The van der Waals surface area contributed by atoms with E-state index >= 15 is 0 Å². The number of aliphatic hydroxyl groups is 1. The van der Waals surface area contributed by atoms with E-state index in [-0.39, 0.29) is 5.56 Å². The normalized spacial score (nSPS) is 10.5. The van der Waals surface area contributed by atoms with Crippen LogP contribution in [-0.4, -0.2) is 27.5 Å². The number of rotatable bonds is 4. The molecule has 19 heavy (non-hydrogen) atoms. The van der Waals surface area contributed by atoms with E-state index in [0.717, 1.165) is 5.56 Å². The number of aliphatic hydroxyl groups excluding tert-OH is 1. The number of hydrogen-bond acceptors (Lipinski definition) is 4. The number of hydrogen-bond donors (Lipinski definition) is 1. The number of carbonyl (C=O) groups excluding carboxylic acids is 1. The SMILES string of the molecule is O=C(CO)c1cnc(Cc2cccc(Cl)c2Cl)nc1. The van der Waals surface area contributed by atoms with Crippen molar-refractivity contribution < 1.29 is 9.90 Å². The van der Waals surface area contributed by atoms with Crippen LogP contribution in [0.2, 0.25) is 10.0 Å². The Balaban J connectivity index is 2.20. The first-order valence-corrected chi connectivity index (χ1v) is 6.25. The van der Waals surface area contributed by atoms with E-state index in [0.29, 0.717) is 22.3 Å². The quantitative estimate of drug-likeness (QED) is 0.881. The van der Waals surface area contributed by atoms with E-state index in [4.69, 9.17) is 28.3 Å². The Morgan fingerprint density at radius 2 is 1.89 bits per heavy atom. The van der Waals surface area contributed by atoms with Crippen molar-refractivity contribution in [3.05, 3.63) is 57.6 Å². The van der Waals surface area contributed by atoms with Crippen LogP contribution in [-0.2, 0) is 6.42 Å². The minimum atomic E-state index is -0.553. The van der Waals surface area contributed by atoms with Crippen LogP contribution in [0.4, 0.5) is 0 Å². The van der Waals surface area contributed by atoms with E-state index in [1.807, 2.05) is 6.07 Å². The Morgan fingerprint density at radius 3 is 2.53 bits per heavy atom. The van der Waals surface area contributed by atoms with Crippen LogP contribution in [0.1, 0.15) is 21.7 Å². The van der Waals surface area contributed by atoms with Crippen LogP contribution >= 0.6 is 23.2 Å². The first-order valence-electron chi connectivity index (χ1n) is 5.49. The summed E-state index contributed by atoms with van der Waals surface area (Å²) in [6.45, 7) is -0.553. The molecule has 1 aromatic heterocycles. The summed E-state index contributed by atoms with van der Waals surface area (Å²) >= 11 is 12.0. The molecule has 0 fully saturated rings. The molecular formula is C13H10Cl2N2O2. The van der Waals surface area contributed by atoms with Gasteiger partial charge >= 0.3 is 0 Å². The van der Waals surface area contributed by atoms with Gasteiger partial charge in [-0.1, -0.05) is 35.3 Å². The molecule has 0 saturated carbocycles. The third kappa shape index (κ3) is 3.29. The van der Waals surface area contributed by atoms with Crippen molar-refractivity contribution in [2.75, 3.05) is 6.61 Å². The van der Waals surface area contributed by atoms with Gasteiger partial charge in [-0.3, -0.25) is 4.79 Å². The molecule has 0 aliphatic rings. The fourth-order valence-corrected chi connectivity index (χ4v) is 1.92. The highest BCUT2D eigenvalue weighted by Gasteiger charge is 2.09. The van der Waals surface area contributed by atoms with Crippen LogP contribution in [0.25, 0.3) is 0 Å². The van der Waals surface area contributed by atoms with Gasteiger partial charge in [-0.25, -0.2) is 9.97 Å². The Labute approximate surface area is 120 Å². The standard InChI is InChI=1S/C13H10Cl2N2O2/c14-10-3-1-2-8(13(10)15)4-12-16-5-9(6-17-12)11(19)7-18/h1-3,5-6,18H,4,7H2. The van der Waals surface area contributed by atoms with Gasteiger partial charge in [-0.2, -0.15) is 0 Å². The molecule has 0 aliphatic carbocycles. The van der Waals surface area contributed by atoms with Gasteiger partial charge in [0.15, 0.2) is 5.78 Å². The maximum atomic E-state index is 11.2. The molecule has 0 aliphatic heterocycles. The van der Waals surface area contributed by atoms with E-state index < -0.39 is 12.4 Å². The third-order valence-corrected chi connectivity index (χ3v) is 3.41. The third-order valence-electron chi connectivity index (χ3n) is 2.55. The van der Waals surface area contributed by atoms with Crippen molar-refractivity contribution in [2.45, 2.75) is 6.42 Å². The van der Waals surface area contributed by atoms with Gasteiger partial charge in [-0.05, 0) is 11.6 Å². The number of benzene rings is 1. The Hall–Kier alpha value is -1.49. The second kappa shape index (κ2) is 6.10. The predicted molar refractivity (Wildman–Crippen MR) is 72.7 cm³/mol. The average molecular weight is 297 g/mol. The monoisotopic (exact) mass is 296 g/mol. The van der Waals surface area contributed by atoms with Crippen molar-refractivity contribution in [2.24, 2.45) is 0 Å². The van der Waals surface area contributed by atoms with E-state index in [2.05, 4.69) is 9.97 Å². The van der Waals surface area contributed by atoms with Crippen molar-refractivity contribution in [1.29, 1.82) is 0 Å². The van der Waals surface area contributed by atoms with Gasteiger partial charge in [0.25, 0.3) is 0 Å². The summed E-state index contributed by atoms with van der Waals surface area (Å²) in [7, 11) is 0. The molecule has 98 valence electrons. The molecule has 1 N–H and O–H groups in total. The zero-order chi connectivity index (χ0) is 13.8. The number of ketones is 1. The van der Waals surface area contributed by atoms with E-state index in [1.165, 1.54) is 12.4 Å². The van der Waals surface area contributed by atoms with Crippen molar-refractivity contribution in [1.82, 2.24) is 9.97 Å². The first kappa shape index (κ1) is 13.9. The highest BCUT2D eigenvalue weighted by molar-refractivity contribution is 6.42. The molecular weight excluding hydrogens is 287 g/mol. The van der Waals surface area contributed by atoms with E-state index in [9.17, 15) is 4.79 Å². The summed E-state index contributed by atoms with van der Waals surface area (Å²) in [5.74, 6) is 0.117. The molecule has 1 heterocycles. The minimum Gasteiger partial charge on any atom is -0.388 e. The maximum absolute atomic E-state index is 11.2. The van der Waals surface area contributed by atoms with Crippen LogP contribution in [0.5, 0.6) is 0 Å². The lowest BCUT2D eigenvalue weighted by molar-refractivity contribution is 0.0903. The largest absolute Gasteiger partial charge is 0.388 e. The number of halogens is 2. The second-order valence-corrected chi connectivity index (χ2v) is 4.64. The molecule has 0 radical (unpaired) electrons. The lowest BCUT2D eigenvalue weighted by atomic mass is 10.1. The first-order chi connectivity index (χ1) is 9.11. The molecule has 2 rings (SSSR count). The maximum Gasteiger partial charge on any atom is 0.191 e. The lowest BCUT2D eigenvalue weighted by Crippen LogP contribution is -2.07. The smallest absolute Gasteiger partial charge is 0.191 e. The predicted octanol–water partition coefficient (Wildman–Crippen LogP) is 2.55. The van der Waals surface area contributed by atoms with Crippen molar-refractivity contribution in [3.63, 3.8) is 0 Å². The highest BCUT2D eigenvalue weighted by atomic mass is 35.5. The number of nitrogens with zero attached hydrogens (tertiary/aromatic N) is 2. The lowest BCUT2D eigenvalue weighted by Gasteiger charge is -2.05. The van der Waals surface area contributed by atoms with E-state index in [1.54, 1.807) is 12.1 Å². The molecule has 4 nitrogen and oxygen atoms in total. The Bertz CT molecular complexity index is 600. The summed E-state index contributed by atoms with van der Waals surface area (Å²) in [6, 6.07) is 5.34. The van der Waals surface area contributed by atoms with Gasteiger partial charge < -0.3 is 5.11 Å². The second-order valence-electron chi connectivity index (χ2n) is 3.86. The molecule has 0 bridgehead atoms. The molecule has 0 unspecified atom stereocenters. The fraction of sp³-hybridized carbons (Fsp3) is 0.154. The summed E-state index contributed by atoms with van der Waals surface area (Å²) in [4.78, 5) is 19.4. The Morgan fingerprint density at radius 1 is 1.21 bits per heavy atom. The molecule has 0 atom stereocenters. The Kier molecular flexibility index (Phi) is 4.47. The van der Waals surface area contributed by atoms with Crippen LogP contribution in [0.3, 0.4) is 0 Å². The molecule has 0 spiro atoms. The number of carbonyl (C=O) groups is 1. The molecule has 0 amide bonds. The molecule has 2 aromatic rings. The summed E-state index contributed by atoms with van der Waals surface area (Å²) in [6.07, 6.45) is 3.20. The van der Waals surface area contributed by atoms with Gasteiger partial charge in [0.05, 0.1) is 15.6 Å². The van der Waals surface area contributed by atoms with Gasteiger partial charge in [0.2, 0.25) is 0 Å². The van der Waals surface area contributed by atoms with Crippen LogP contribution in [0, 0.1) is 0 Å². The topological polar surface area (TPSA) is 63.1 Å². The van der Waals surface area contributed by atoms with Gasteiger partial charge in [0.1, 0.15) is 12.4 Å².